The van der Waals surface area contributed by atoms with Gasteiger partial charge in [-0.1, -0.05) is 18.2 Å². The van der Waals surface area contributed by atoms with Crippen molar-refractivity contribution in [1.82, 2.24) is 10.6 Å². The molecule has 3 aromatic rings. The zero-order valence-corrected chi connectivity index (χ0v) is 19.9. The van der Waals surface area contributed by atoms with E-state index in [0.29, 0.717) is 10.6 Å². The number of ether oxygens (including phenoxy) is 1. The number of nitrogens with one attached hydrogen (secondary N) is 2. The Morgan fingerprint density at radius 3 is 2.37 bits per heavy atom. The predicted octanol–water partition coefficient (Wildman–Crippen LogP) is 4.61. The van der Waals surface area contributed by atoms with Crippen LogP contribution in [0.2, 0.25) is 0 Å². The first-order valence-electron chi connectivity index (χ1n) is 11.6. The van der Waals surface area contributed by atoms with Crippen LogP contribution in [0.1, 0.15) is 52.1 Å². The largest absolute Gasteiger partial charge is 0.490 e. The van der Waals surface area contributed by atoms with E-state index in [1.807, 2.05) is 30.3 Å². The molecule has 0 spiro atoms. The van der Waals surface area contributed by atoms with E-state index in [-0.39, 0.29) is 43.0 Å². The van der Waals surface area contributed by atoms with E-state index in [4.69, 9.17) is 9.84 Å². The summed E-state index contributed by atoms with van der Waals surface area (Å²) in [4.78, 5) is 36.1. The smallest absolute Gasteiger partial charge is 0.303 e. The molecule has 0 aliphatic heterocycles. The van der Waals surface area contributed by atoms with Gasteiger partial charge in [-0.15, -0.1) is 11.3 Å². The van der Waals surface area contributed by atoms with Crippen LogP contribution in [0.15, 0.2) is 48.5 Å². The van der Waals surface area contributed by atoms with Gasteiger partial charge in [0.25, 0.3) is 11.8 Å². The van der Waals surface area contributed by atoms with Crippen LogP contribution in [-0.2, 0) is 4.79 Å². The Labute approximate surface area is 206 Å². The van der Waals surface area contributed by atoms with Gasteiger partial charge in [-0.25, -0.2) is 4.39 Å². The molecule has 35 heavy (non-hydrogen) atoms. The van der Waals surface area contributed by atoms with E-state index >= 15 is 0 Å². The molecule has 1 fully saturated rings. The summed E-state index contributed by atoms with van der Waals surface area (Å²) in [7, 11) is 0. The van der Waals surface area contributed by atoms with Crippen molar-refractivity contribution in [1.29, 1.82) is 0 Å². The van der Waals surface area contributed by atoms with Crippen LogP contribution in [0.4, 0.5) is 4.39 Å². The first kappa shape index (κ1) is 24.7. The third-order valence-corrected chi connectivity index (χ3v) is 7.21. The van der Waals surface area contributed by atoms with Gasteiger partial charge < -0.3 is 20.5 Å². The lowest BCUT2D eigenvalue weighted by molar-refractivity contribution is -0.138. The van der Waals surface area contributed by atoms with Gasteiger partial charge in [0.05, 0.1) is 16.5 Å². The Balaban J connectivity index is 1.21. The predicted molar refractivity (Wildman–Crippen MR) is 132 cm³/mol. The number of rotatable bonds is 9. The molecule has 0 bridgehead atoms. The molecule has 9 heteroatoms. The second-order valence-corrected chi connectivity index (χ2v) is 9.74. The third-order valence-electron chi connectivity index (χ3n) is 6.09. The number of carbonyl (C=O) groups is 3. The second-order valence-electron chi connectivity index (χ2n) is 8.66. The summed E-state index contributed by atoms with van der Waals surface area (Å²) >= 11 is 1.40. The van der Waals surface area contributed by atoms with E-state index in [0.717, 1.165) is 35.8 Å². The monoisotopic (exact) mass is 498 g/mol. The molecule has 2 amide bonds. The SMILES string of the molecule is O=C(O)C[C@H]1CC[C@@H](Oc2ccc(C(=O)NCCNC(=O)c3cc4ccccc4s3)c(F)c2)CC1. The minimum atomic E-state index is -0.788. The molecule has 0 saturated heterocycles. The maximum absolute atomic E-state index is 14.5. The Morgan fingerprint density at radius 1 is 0.971 bits per heavy atom. The van der Waals surface area contributed by atoms with Crippen molar-refractivity contribution in [3.63, 3.8) is 0 Å². The van der Waals surface area contributed by atoms with Gasteiger partial charge in [0, 0.05) is 30.3 Å². The van der Waals surface area contributed by atoms with Crippen LogP contribution in [0.3, 0.4) is 0 Å². The zero-order chi connectivity index (χ0) is 24.8. The first-order valence-corrected chi connectivity index (χ1v) is 12.4. The number of amides is 2. The summed E-state index contributed by atoms with van der Waals surface area (Å²) in [5, 5.41) is 15.3. The van der Waals surface area contributed by atoms with Gasteiger partial charge in [-0.3, -0.25) is 14.4 Å². The second kappa shape index (κ2) is 11.3. The molecular weight excluding hydrogens is 471 g/mol. The number of aliphatic carboxylic acids is 1. The van der Waals surface area contributed by atoms with E-state index in [2.05, 4.69) is 10.6 Å². The lowest BCUT2D eigenvalue weighted by Crippen LogP contribution is -2.34. The van der Waals surface area contributed by atoms with Crippen molar-refractivity contribution in [3.05, 3.63) is 64.8 Å². The number of hydrogen-bond donors (Lipinski definition) is 3. The number of carbonyl (C=O) groups excluding carboxylic acids is 2. The molecule has 0 radical (unpaired) electrons. The highest BCUT2D eigenvalue weighted by molar-refractivity contribution is 7.20. The average molecular weight is 499 g/mol. The summed E-state index contributed by atoms with van der Waals surface area (Å²) in [6.07, 6.45) is 3.03. The highest BCUT2D eigenvalue weighted by Crippen LogP contribution is 2.30. The quantitative estimate of drug-likeness (QED) is 0.374. The summed E-state index contributed by atoms with van der Waals surface area (Å²) in [5.74, 6) is -1.76. The number of thiophene rings is 1. The van der Waals surface area contributed by atoms with E-state index in [9.17, 15) is 18.8 Å². The van der Waals surface area contributed by atoms with Crippen LogP contribution >= 0.6 is 11.3 Å². The number of benzene rings is 2. The standard InChI is InChI=1S/C26H27FN2O5S/c27-21-15-19(34-18-7-5-16(6-8-18)13-24(30)31)9-10-20(21)25(32)28-11-12-29-26(33)23-14-17-3-1-2-4-22(17)35-23/h1-4,9-10,14-16,18H,5-8,11-13H2,(H,28,32)(H,29,33)(H,30,31)/t16-,18+. The van der Waals surface area contributed by atoms with E-state index in [1.54, 1.807) is 6.07 Å². The lowest BCUT2D eigenvalue weighted by Gasteiger charge is -2.28. The highest BCUT2D eigenvalue weighted by Gasteiger charge is 2.24. The molecule has 184 valence electrons. The summed E-state index contributed by atoms with van der Waals surface area (Å²) in [5.41, 5.74) is -0.0988. The molecule has 1 aromatic heterocycles. The van der Waals surface area contributed by atoms with Gasteiger partial charge in [-0.2, -0.15) is 0 Å². The lowest BCUT2D eigenvalue weighted by atomic mass is 9.85. The van der Waals surface area contributed by atoms with Crippen LogP contribution in [0.5, 0.6) is 5.75 Å². The van der Waals surface area contributed by atoms with Crippen molar-refractivity contribution < 1.29 is 28.6 Å². The fourth-order valence-corrected chi connectivity index (χ4v) is 5.25. The van der Waals surface area contributed by atoms with Crippen molar-refractivity contribution >= 4 is 39.2 Å². The van der Waals surface area contributed by atoms with Crippen molar-refractivity contribution in [2.75, 3.05) is 13.1 Å². The van der Waals surface area contributed by atoms with Crippen LogP contribution in [0.25, 0.3) is 10.1 Å². The zero-order valence-electron chi connectivity index (χ0n) is 19.1. The van der Waals surface area contributed by atoms with Gasteiger partial charge in [0.1, 0.15) is 11.6 Å². The van der Waals surface area contributed by atoms with Crippen molar-refractivity contribution in [2.24, 2.45) is 5.92 Å². The normalized spacial score (nSPS) is 17.6. The Hall–Kier alpha value is -3.46. The van der Waals surface area contributed by atoms with Gasteiger partial charge in [0.2, 0.25) is 0 Å². The third kappa shape index (κ3) is 6.57. The summed E-state index contributed by atoms with van der Waals surface area (Å²) < 4.78 is 21.4. The molecule has 2 aromatic carbocycles. The number of carboxylic acid groups (broad SMARTS) is 1. The van der Waals surface area contributed by atoms with Gasteiger partial charge in [0.15, 0.2) is 0 Å². The molecule has 1 heterocycles. The molecule has 0 unspecified atom stereocenters. The van der Waals surface area contributed by atoms with Gasteiger partial charge in [-0.05, 0) is 61.3 Å². The number of hydrogen-bond acceptors (Lipinski definition) is 5. The minimum absolute atomic E-state index is 0.0938. The number of carboxylic acids is 1. The molecule has 1 aliphatic rings. The highest BCUT2D eigenvalue weighted by atomic mass is 32.1. The molecular formula is C26H27FN2O5S. The minimum Gasteiger partial charge on any atom is -0.490 e. The Kier molecular flexibility index (Phi) is 7.97. The van der Waals surface area contributed by atoms with E-state index in [1.165, 1.54) is 23.5 Å². The van der Waals surface area contributed by atoms with Gasteiger partial charge >= 0.3 is 5.97 Å². The van der Waals surface area contributed by atoms with Crippen LogP contribution < -0.4 is 15.4 Å². The first-order chi connectivity index (χ1) is 16.9. The van der Waals surface area contributed by atoms with Crippen molar-refractivity contribution in [3.8, 4) is 5.75 Å². The summed E-state index contributed by atoms with van der Waals surface area (Å²) in [6, 6.07) is 13.7. The molecule has 1 aliphatic carbocycles. The molecule has 7 nitrogen and oxygen atoms in total. The average Bonchev–Trinajstić information content (AvgIpc) is 3.27. The van der Waals surface area contributed by atoms with Crippen LogP contribution in [0, 0.1) is 11.7 Å². The Morgan fingerprint density at radius 2 is 1.69 bits per heavy atom. The fraction of sp³-hybridized carbons (Fsp3) is 0.346. The molecule has 4 rings (SSSR count). The molecule has 1 saturated carbocycles. The summed E-state index contributed by atoms with van der Waals surface area (Å²) in [6.45, 7) is 0.374. The van der Waals surface area contributed by atoms with E-state index < -0.39 is 17.7 Å². The number of halogens is 1. The topological polar surface area (TPSA) is 105 Å². The molecule has 3 N–H and O–H groups in total. The van der Waals surface area contributed by atoms with Crippen LogP contribution in [-0.4, -0.2) is 42.1 Å². The maximum Gasteiger partial charge on any atom is 0.303 e. The molecule has 0 atom stereocenters. The fourth-order valence-electron chi connectivity index (χ4n) is 4.27. The Bertz CT molecular complexity index is 1190. The maximum atomic E-state index is 14.5. The number of fused-ring (bicyclic) bond motifs is 1. The van der Waals surface area contributed by atoms with Crippen molar-refractivity contribution in [2.45, 2.75) is 38.2 Å².